The van der Waals surface area contributed by atoms with E-state index in [4.69, 9.17) is 5.73 Å². The van der Waals surface area contributed by atoms with Crippen LogP contribution in [0, 0.1) is 0 Å². The average molecular weight is 127 g/mol. The van der Waals surface area contributed by atoms with E-state index < -0.39 is 0 Å². The Morgan fingerprint density at radius 2 is 2.56 bits per heavy atom. The second-order valence-electron chi connectivity index (χ2n) is 2.03. The second-order valence-corrected chi connectivity index (χ2v) is 2.03. The quantitative estimate of drug-likeness (QED) is 0.604. The first kappa shape index (κ1) is 6.29. The molecule has 1 aromatic heterocycles. The lowest BCUT2D eigenvalue weighted by molar-refractivity contribution is 0.804. The van der Waals surface area contributed by atoms with Crippen LogP contribution in [0.4, 0.5) is 0 Å². The fourth-order valence-electron chi connectivity index (χ4n) is 0.773. The Morgan fingerprint density at radius 1 is 1.78 bits per heavy atom. The van der Waals surface area contributed by atoms with Gasteiger partial charge in [0.25, 0.3) is 0 Å². The van der Waals surface area contributed by atoms with E-state index in [9.17, 15) is 0 Å². The normalized spacial score (nSPS) is 10.0. The van der Waals surface area contributed by atoms with E-state index in [0.717, 1.165) is 6.42 Å². The van der Waals surface area contributed by atoms with Gasteiger partial charge < -0.3 is 10.3 Å². The van der Waals surface area contributed by atoms with Gasteiger partial charge in [0.1, 0.15) is 0 Å². The molecule has 0 radical (unpaired) electrons. The first-order chi connectivity index (χ1) is 4.34. The molecule has 0 fully saturated rings. The molecule has 0 bridgehead atoms. The van der Waals surface area contributed by atoms with Crippen molar-refractivity contribution in [2.24, 2.45) is 12.8 Å². The predicted octanol–water partition coefficient (Wildman–Crippen LogP) is -0.0787. The number of nitrogens with zero attached hydrogens (tertiary/aromatic N) is 2. The molecule has 0 aliphatic heterocycles. The summed E-state index contributed by atoms with van der Waals surface area (Å²) >= 11 is 0. The van der Waals surface area contributed by atoms with Crippen LogP contribution < -0.4 is 5.73 Å². The molecule has 1 rings (SSSR count). The predicted molar refractivity (Wildman–Crippen MR) is 36.0 cm³/mol. The molecule has 0 aliphatic rings. The number of aryl methyl sites for hydroxylation is 1. The van der Waals surface area contributed by atoms with Crippen LogP contribution in [-0.4, -0.2) is 16.1 Å². The highest BCUT2D eigenvalue weighted by Gasteiger charge is 1.93. The first-order valence-electron chi connectivity index (χ1n) is 3.00. The maximum atomic E-state index is 5.35. The third-order valence-corrected chi connectivity index (χ3v) is 1.32. The van der Waals surface area contributed by atoms with Crippen LogP contribution in [0.15, 0.2) is 12.5 Å². The molecule has 0 saturated carbocycles. The van der Waals surface area contributed by atoms with E-state index >= 15 is 0 Å². The SMILES string of the molecule is [14CH3]n1cncc1CCN. The van der Waals surface area contributed by atoms with Crippen LogP contribution in [0.2, 0.25) is 0 Å². The van der Waals surface area contributed by atoms with Crippen molar-refractivity contribution in [1.29, 1.82) is 0 Å². The topological polar surface area (TPSA) is 43.8 Å². The Morgan fingerprint density at radius 3 is 3.00 bits per heavy atom. The van der Waals surface area contributed by atoms with Crippen molar-refractivity contribution in [2.45, 2.75) is 6.42 Å². The Labute approximate surface area is 54.5 Å². The summed E-state index contributed by atoms with van der Waals surface area (Å²) in [6.07, 6.45) is 4.54. The van der Waals surface area contributed by atoms with Gasteiger partial charge in [0.15, 0.2) is 0 Å². The Hall–Kier alpha value is -0.830. The van der Waals surface area contributed by atoms with Gasteiger partial charge in [-0.15, -0.1) is 0 Å². The minimum absolute atomic E-state index is 0.694. The van der Waals surface area contributed by atoms with Crippen molar-refractivity contribution in [2.75, 3.05) is 6.54 Å². The van der Waals surface area contributed by atoms with E-state index in [1.165, 1.54) is 5.69 Å². The largest absolute Gasteiger partial charge is 0.338 e. The molecule has 3 heteroatoms. The molecule has 0 aliphatic carbocycles. The fourth-order valence-corrected chi connectivity index (χ4v) is 0.773. The van der Waals surface area contributed by atoms with Gasteiger partial charge in [-0.3, -0.25) is 0 Å². The lowest BCUT2D eigenvalue weighted by Gasteiger charge is -1.96. The monoisotopic (exact) mass is 127 g/mol. The fraction of sp³-hybridized carbons (Fsp3) is 0.500. The highest BCUT2D eigenvalue weighted by Crippen LogP contribution is 1.94. The molecule has 0 unspecified atom stereocenters. The van der Waals surface area contributed by atoms with Gasteiger partial charge in [-0.25, -0.2) is 4.98 Å². The molecule has 0 amide bonds. The van der Waals surface area contributed by atoms with Gasteiger partial charge in [0.05, 0.1) is 6.33 Å². The summed E-state index contributed by atoms with van der Waals surface area (Å²) < 4.78 is 1.98. The molecule has 0 spiro atoms. The highest BCUT2D eigenvalue weighted by molar-refractivity contribution is 4.97. The van der Waals surface area contributed by atoms with E-state index in [1.54, 1.807) is 6.33 Å². The first-order valence-corrected chi connectivity index (χ1v) is 3.00. The average Bonchev–Trinajstić information content (AvgIpc) is 2.18. The highest BCUT2D eigenvalue weighted by atomic mass is 15.3. The molecule has 1 heterocycles. The van der Waals surface area contributed by atoms with E-state index in [0.29, 0.717) is 6.54 Å². The van der Waals surface area contributed by atoms with Crippen LogP contribution in [0.25, 0.3) is 0 Å². The van der Waals surface area contributed by atoms with Crippen molar-refractivity contribution in [3.63, 3.8) is 0 Å². The number of hydrogen-bond donors (Lipinski definition) is 1. The Kier molecular flexibility index (Phi) is 1.85. The number of nitrogens with two attached hydrogens (primary N) is 1. The number of hydrogen-bond acceptors (Lipinski definition) is 2. The van der Waals surface area contributed by atoms with Crippen LogP contribution in [-0.2, 0) is 13.5 Å². The molecule has 50 valence electrons. The van der Waals surface area contributed by atoms with Crippen molar-refractivity contribution >= 4 is 0 Å². The van der Waals surface area contributed by atoms with E-state index in [2.05, 4.69) is 4.98 Å². The summed E-state index contributed by atoms with van der Waals surface area (Å²) in [6, 6.07) is 0. The molecule has 0 atom stereocenters. The molecule has 9 heavy (non-hydrogen) atoms. The molecule has 0 saturated heterocycles. The smallest absolute Gasteiger partial charge is 0.0945 e. The zero-order valence-corrected chi connectivity index (χ0v) is 5.54. The molecule has 3 nitrogen and oxygen atoms in total. The molecule has 1 aromatic rings. The van der Waals surface area contributed by atoms with Crippen LogP contribution in [0.5, 0.6) is 0 Å². The number of aromatic nitrogens is 2. The maximum Gasteiger partial charge on any atom is 0.0945 e. The van der Waals surface area contributed by atoms with Crippen molar-refractivity contribution in [3.8, 4) is 0 Å². The molecular formula is C6H11N3. The summed E-state index contributed by atoms with van der Waals surface area (Å²) in [5.41, 5.74) is 6.54. The summed E-state index contributed by atoms with van der Waals surface area (Å²) in [5.74, 6) is 0. The second kappa shape index (κ2) is 2.64. The number of imidazole rings is 1. The van der Waals surface area contributed by atoms with Crippen LogP contribution >= 0.6 is 0 Å². The van der Waals surface area contributed by atoms with Crippen LogP contribution in [0.1, 0.15) is 5.69 Å². The lowest BCUT2D eigenvalue weighted by Crippen LogP contribution is -2.05. The van der Waals surface area contributed by atoms with Crippen molar-refractivity contribution in [3.05, 3.63) is 18.2 Å². The summed E-state index contributed by atoms with van der Waals surface area (Å²) in [7, 11) is 1.97. The minimum Gasteiger partial charge on any atom is -0.338 e. The maximum absolute atomic E-state index is 5.35. The Bertz CT molecular complexity index is 180. The third kappa shape index (κ3) is 1.29. The number of rotatable bonds is 2. The zero-order valence-electron chi connectivity index (χ0n) is 5.54. The summed E-state index contributed by atoms with van der Waals surface area (Å²) in [6.45, 7) is 0.694. The van der Waals surface area contributed by atoms with Gasteiger partial charge in [0.2, 0.25) is 0 Å². The summed E-state index contributed by atoms with van der Waals surface area (Å²) in [5, 5.41) is 0. The van der Waals surface area contributed by atoms with Crippen LogP contribution in [0.3, 0.4) is 0 Å². The van der Waals surface area contributed by atoms with Crippen molar-refractivity contribution < 1.29 is 0 Å². The van der Waals surface area contributed by atoms with Gasteiger partial charge in [-0.1, -0.05) is 0 Å². The van der Waals surface area contributed by atoms with Gasteiger partial charge >= 0.3 is 0 Å². The van der Waals surface area contributed by atoms with E-state index in [-0.39, 0.29) is 0 Å². The van der Waals surface area contributed by atoms with Gasteiger partial charge in [-0.05, 0) is 6.54 Å². The van der Waals surface area contributed by atoms with Gasteiger partial charge in [0, 0.05) is 25.4 Å². The molecule has 0 aromatic carbocycles. The molecular weight excluding hydrogens is 116 g/mol. The Balaban J connectivity index is 2.69. The molecule has 2 N–H and O–H groups in total. The van der Waals surface area contributed by atoms with E-state index in [1.807, 2.05) is 17.8 Å². The lowest BCUT2D eigenvalue weighted by atomic mass is 10.3. The van der Waals surface area contributed by atoms with Crippen molar-refractivity contribution in [1.82, 2.24) is 9.55 Å². The van der Waals surface area contributed by atoms with Gasteiger partial charge in [-0.2, -0.15) is 0 Å². The zero-order chi connectivity index (χ0) is 6.69. The minimum atomic E-state index is 0.694. The third-order valence-electron chi connectivity index (χ3n) is 1.32. The summed E-state index contributed by atoms with van der Waals surface area (Å²) in [4.78, 5) is 3.95. The standard InChI is InChI=1S/C6H11N3/c1-9-5-8-4-6(9)2-3-7/h4-5H,2-3,7H2,1H3/i1+2.